The maximum Gasteiger partial charge on any atom is 0.133 e. The minimum atomic E-state index is 0.204. The average molecular weight is 325 g/mol. The molecule has 0 atom stereocenters. The molecule has 0 amide bonds. The van der Waals surface area contributed by atoms with Crippen molar-refractivity contribution in [1.82, 2.24) is 4.98 Å². The van der Waals surface area contributed by atoms with E-state index in [1.165, 1.54) is 5.39 Å². The summed E-state index contributed by atoms with van der Waals surface area (Å²) in [5, 5.41) is 5.80. The van der Waals surface area contributed by atoms with Crippen molar-refractivity contribution < 1.29 is 0 Å². The molecule has 96 valence electrons. The lowest BCUT2D eigenvalue weighted by molar-refractivity contribution is 0.751. The molecule has 2 aromatic rings. The van der Waals surface area contributed by atoms with Crippen LogP contribution < -0.4 is 5.32 Å². The Kier molecular flexibility index (Phi) is 4.17. The summed E-state index contributed by atoms with van der Waals surface area (Å²) in [6.07, 6.45) is 3.98. The van der Waals surface area contributed by atoms with Gasteiger partial charge >= 0.3 is 0 Å². The number of aromatic nitrogens is 1. The molecule has 0 bridgehead atoms. The van der Waals surface area contributed by atoms with Gasteiger partial charge in [0.25, 0.3) is 0 Å². The zero-order chi connectivity index (χ0) is 13.2. The van der Waals surface area contributed by atoms with E-state index in [4.69, 9.17) is 0 Å². The Morgan fingerprint density at radius 2 is 2.06 bits per heavy atom. The van der Waals surface area contributed by atoms with Crippen molar-refractivity contribution in [3.05, 3.63) is 34.9 Å². The molecule has 2 nitrogen and oxygen atoms in total. The lowest BCUT2D eigenvalue weighted by Crippen LogP contribution is -2.26. The van der Waals surface area contributed by atoms with Crippen LogP contribution >= 0.6 is 27.7 Å². The maximum absolute atomic E-state index is 4.44. The highest BCUT2D eigenvalue weighted by atomic mass is 79.9. The lowest BCUT2D eigenvalue weighted by atomic mass is 10.1. The van der Waals surface area contributed by atoms with Gasteiger partial charge in [0.2, 0.25) is 0 Å². The first-order valence-corrected chi connectivity index (χ1v) is 7.87. The van der Waals surface area contributed by atoms with Gasteiger partial charge in [0.15, 0.2) is 0 Å². The smallest absolute Gasteiger partial charge is 0.133 e. The van der Waals surface area contributed by atoms with E-state index in [1.54, 1.807) is 0 Å². The molecule has 18 heavy (non-hydrogen) atoms. The van der Waals surface area contributed by atoms with E-state index in [0.29, 0.717) is 0 Å². The predicted octanol–water partition coefficient (Wildman–Crippen LogP) is 4.55. The molecule has 0 unspecified atom stereocenters. The van der Waals surface area contributed by atoms with Crippen LogP contribution in [-0.4, -0.2) is 22.5 Å². The van der Waals surface area contributed by atoms with E-state index in [9.17, 15) is 0 Å². The van der Waals surface area contributed by atoms with Gasteiger partial charge in [-0.2, -0.15) is 11.8 Å². The number of anilines is 1. The summed E-state index contributed by atoms with van der Waals surface area (Å²) >= 11 is 5.43. The van der Waals surface area contributed by atoms with Crippen molar-refractivity contribution in [1.29, 1.82) is 0 Å². The van der Waals surface area contributed by atoms with Gasteiger partial charge in [-0.1, -0.05) is 28.1 Å². The van der Waals surface area contributed by atoms with Crippen LogP contribution in [0.4, 0.5) is 5.82 Å². The summed E-state index contributed by atoms with van der Waals surface area (Å²) in [4.78, 5) is 4.44. The van der Waals surface area contributed by atoms with E-state index in [-0.39, 0.29) is 4.75 Å². The predicted molar refractivity (Wildman–Crippen MR) is 85.5 cm³/mol. The van der Waals surface area contributed by atoms with E-state index < -0.39 is 0 Å². The molecule has 1 N–H and O–H groups in total. The van der Waals surface area contributed by atoms with Crippen LogP contribution in [0.15, 0.2) is 34.9 Å². The van der Waals surface area contributed by atoms with Gasteiger partial charge in [-0.05, 0) is 32.2 Å². The van der Waals surface area contributed by atoms with Crippen molar-refractivity contribution in [2.24, 2.45) is 0 Å². The summed E-state index contributed by atoms with van der Waals surface area (Å²) in [5.74, 6) is 0.955. The van der Waals surface area contributed by atoms with Crippen LogP contribution in [0.2, 0.25) is 0 Å². The SMILES string of the molecule is CSC(C)(C)CNc1nccc2c(Br)cccc12. The summed E-state index contributed by atoms with van der Waals surface area (Å²) in [6.45, 7) is 5.35. The molecule has 0 saturated heterocycles. The largest absolute Gasteiger partial charge is 0.368 e. The first kappa shape index (κ1) is 13.7. The number of hydrogen-bond acceptors (Lipinski definition) is 3. The summed E-state index contributed by atoms with van der Waals surface area (Å²) in [7, 11) is 0. The zero-order valence-electron chi connectivity index (χ0n) is 10.8. The van der Waals surface area contributed by atoms with Gasteiger partial charge in [0.05, 0.1) is 0 Å². The van der Waals surface area contributed by atoms with E-state index >= 15 is 0 Å². The highest BCUT2D eigenvalue weighted by Crippen LogP contribution is 2.28. The van der Waals surface area contributed by atoms with Gasteiger partial charge in [0.1, 0.15) is 5.82 Å². The van der Waals surface area contributed by atoms with Crippen molar-refractivity contribution in [3.63, 3.8) is 0 Å². The molecule has 1 aromatic carbocycles. The van der Waals surface area contributed by atoms with E-state index in [2.05, 4.69) is 58.5 Å². The fourth-order valence-corrected chi connectivity index (χ4v) is 2.39. The molecular formula is C14H17BrN2S. The Bertz CT molecular complexity index is 554. The minimum absolute atomic E-state index is 0.204. The molecule has 0 fully saturated rings. The topological polar surface area (TPSA) is 24.9 Å². The quantitative estimate of drug-likeness (QED) is 0.892. The third-order valence-corrected chi connectivity index (χ3v) is 4.93. The molecule has 0 saturated carbocycles. The maximum atomic E-state index is 4.44. The van der Waals surface area contributed by atoms with Crippen LogP contribution in [-0.2, 0) is 0 Å². The second kappa shape index (κ2) is 5.49. The summed E-state index contributed by atoms with van der Waals surface area (Å²) < 4.78 is 1.31. The number of halogens is 1. The third-order valence-electron chi connectivity index (χ3n) is 2.99. The molecule has 1 aromatic heterocycles. The number of hydrogen-bond donors (Lipinski definition) is 1. The fourth-order valence-electron chi connectivity index (χ4n) is 1.68. The standard InChI is InChI=1S/C14H17BrN2S/c1-14(2,18-3)9-17-13-11-5-4-6-12(15)10(11)7-8-16-13/h4-8H,9H2,1-3H3,(H,16,17). The highest BCUT2D eigenvalue weighted by Gasteiger charge is 2.16. The highest BCUT2D eigenvalue weighted by molar-refractivity contribution is 9.10. The van der Waals surface area contributed by atoms with Crippen LogP contribution in [0.3, 0.4) is 0 Å². The molecule has 2 rings (SSSR count). The first-order valence-electron chi connectivity index (χ1n) is 5.86. The number of fused-ring (bicyclic) bond motifs is 1. The molecule has 0 aliphatic heterocycles. The van der Waals surface area contributed by atoms with Gasteiger partial charge in [-0.15, -0.1) is 0 Å². The molecule has 0 aliphatic rings. The Morgan fingerprint density at radius 1 is 1.28 bits per heavy atom. The number of nitrogens with zero attached hydrogens (tertiary/aromatic N) is 1. The van der Waals surface area contributed by atoms with E-state index in [1.807, 2.05) is 30.1 Å². The average Bonchev–Trinajstić information content (AvgIpc) is 2.37. The van der Waals surface area contributed by atoms with Gasteiger partial charge < -0.3 is 5.32 Å². The molecule has 4 heteroatoms. The van der Waals surface area contributed by atoms with Crippen molar-refractivity contribution in [2.75, 3.05) is 18.1 Å². The Morgan fingerprint density at radius 3 is 2.78 bits per heavy atom. The molecular weight excluding hydrogens is 308 g/mol. The van der Waals surface area contributed by atoms with Crippen LogP contribution in [0.1, 0.15) is 13.8 Å². The minimum Gasteiger partial charge on any atom is -0.368 e. The van der Waals surface area contributed by atoms with Gasteiger partial charge in [-0.3, -0.25) is 0 Å². The second-order valence-corrected chi connectivity index (χ2v) is 7.18. The van der Waals surface area contributed by atoms with Crippen molar-refractivity contribution in [3.8, 4) is 0 Å². The molecule has 0 spiro atoms. The Hall–Kier alpha value is -0.740. The lowest BCUT2D eigenvalue weighted by Gasteiger charge is -2.23. The number of nitrogens with one attached hydrogen (secondary N) is 1. The second-order valence-electron chi connectivity index (χ2n) is 4.81. The number of thioether (sulfide) groups is 1. The zero-order valence-corrected chi connectivity index (χ0v) is 13.2. The summed E-state index contributed by atoms with van der Waals surface area (Å²) in [6, 6.07) is 8.22. The monoisotopic (exact) mass is 324 g/mol. The van der Waals surface area contributed by atoms with Gasteiger partial charge in [0, 0.05) is 32.7 Å². The fraction of sp³-hybridized carbons (Fsp3) is 0.357. The van der Waals surface area contributed by atoms with Gasteiger partial charge in [-0.25, -0.2) is 4.98 Å². The molecule has 1 heterocycles. The number of rotatable bonds is 4. The van der Waals surface area contributed by atoms with Crippen molar-refractivity contribution in [2.45, 2.75) is 18.6 Å². The molecule has 0 radical (unpaired) electrons. The molecule has 0 aliphatic carbocycles. The van der Waals surface area contributed by atoms with E-state index in [0.717, 1.165) is 22.2 Å². The Labute approximate surface area is 121 Å². The van der Waals surface area contributed by atoms with Crippen LogP contribution in [0.25, 0.3) is 10.8 Å². The normalized spacial score (nSPS) is 11.8. The first-order chi connectivity index (χ1) is 8.53. The number of benzene rings is 1. The Balaban J connectivity index is 2.32. The number of pyridine rings is 1. The van der Waals surface area contributed by atoms with Crippen LogP contribution in [0, 0.1) is 0 Å². The summed E-state index contributed by atoms with van der Waals surface area (Å²) in [5.41, 5.74) is 0. The van der Waals surface area contributed by atoms with Crippen LogP contribution in [0.5, 0.6) is 0 Å². The van der Waals surface area contributed by atoms with Crippen molar-refractivity contribution >= 4 is 44.3 Å². The third kappa shape index (κ3) is 2.98.